The number of nitrogens with zero attached hydrogens (tertiary/aromatic N) is 6. The molecule has 2 aromatic carbocycles. The Hall–Kier alpha value is -6.10. The maximum Gasteiger partial charge on any atom is 0.324 e. The van der Waals surface area contributed by atoms with Crippen LogP contribution in [0.25, 0.3) is 33.3 Å². The van der Waals surface area contributed by atoms with Crippen molar-refractivity contribution in [2.75, 3.05) is 54.5 Å². The number of rotatable bonds is 12. The van der Waals surface area contributed by atoms with Crippen LogP contribution in [0.3, 0.4) is 0 Å². The van der Waals surface area contributed by atoms with Crippen molar-refractivity contribution in [1.82, 2.24) is 40.0 Å². The van der Waals surface area contributed by atoms with Crippen LogP contribution in [0.4, 0.5) is 0 Å². The second-order valence-electron chi connectivity index (χ2n) is 21.6. The van der Waals surface area contributed by atoms with Crippen molar-refractivity contribution in [3.05, 3.63) is 84.2 Å². The Morgan fingerprint density at radius 1 is 1.06 bits per heavy atom. The van der Waals surface area contributed by atoms with Crippen LogP contribution in [-0.4, -0.2) is 142 Å². The lowest BCUT2D eigenvalue weighted by molar-refractivity contribution is -0.156. The molecular weight excluding hydrogens is 901 g/mol. The Kier molecular flexibility index (Phi) is 15.5. The highest BCUT2D eigenvalue weighted by atomic mass is 16.5. The van der Waals surface area contributed by atoms with Crippen LogP contribution in [0.1, 0.15) is 84.4 Å². The number of hydrazine groups is 1. The van der Waals surface area contributed by atoms with Crippen LogP contribution in [-0.2, 0) is 59.4 Å². The van der Waals surface area contributed by atoms with Crippen LogP contribution in [0, 0.1) is 17.3 Å². The lowest BCUT2D eigenvalue weighted by Gasteiger charge is -2.41. The summed E-state index contributed by atoms with van der Waals surface area (Å²) in [6, 6.07) is 11.4. The third-order valence-corrected chi connectivity index (χ3v) is 14.9. The number of amides is 4. The van der Waals surface area contributed by atoms with Gasteiger partial charge in [0.2, 0.25) is 17.7 Å². The number of carbonyl (C=O) groups excluding carboxylic acids is 5. The molecule has 0 unspecified atom stereocenters. The average Bonchev–Trinajstić information content (AvgIpc) is 3.94. The van der Waals surface area contributed by atoms with Crippen molar-refractivity contribution in [3.63, 3.8) is 0 Å². The fourth-order valence-electron chi connectivity index (χ4n) is 10.6. The Morgan fingerprint density at radius 3 is 2.48 bits per heavy atom. The van der Waals surface area contributed by atoms with E-state index >= 15 is 4.79 Å². The summed E-state index contributed by atoms with van der Waals surface area (Å²) in [5.74, 6) is -2.99. The molecule has 16 heteroatoms. The third-order valence-electron chi connectivity index (χ3n) is 14.9. The summed E-state index contributed by atoms with van der Waals surface area (Å²) in [6.07, 6.45) is 6.75. The predicted molar refractivity (Wildman–Crippen MR) is 274 cm³/mol. The first kappa shape index (κ1) is 52.7. The number of hydrogen-bond donors (Lipinski definition) is 3. The highest BCUT2D eigenvalue weighted by molar-refractivity contribution is 5.98. The van der Waals surface area contributed by atoms with Gasteiger partial charge in [0.1, 0.15) is 23.4 Å². The van der Waals surface area contributed by atoms with Crippen LogP contribution in [0.2, 0.25) is 0 Å². The molecule has 3 aliphatic rings. The van der Waals surface area contributed by atoms with Gasteiger partial charge in [-0.25, -0.2) is 5.43 Å². The number of carbonyl (C=O) groups is 5. The predicted octanol–water partition coefficient (Wildman–Crippen LogP) is 6.12. The Balaban J connectivity index is 1.31. The number of benzene rings is 2. The summed E-state index contributed by atoms with van der Waals surface area (Å²) >= 11 is 0. The van der Waals surface area contributed by atoms with Gasteiger partial charge < -0.3 is 34.3 Å². The van der Waals surface area contributed by atoms with Crippen molar-refractivity contribution in [1.29, 1.82) is 0 Å². The van der Waals surface area contributed by atoms with E-state index in [2.05, 4.69) is 59.8 Å². The van der Waals surface area contributed by atoms with Crippen molar-refractivity contribution < 1.29 is 38.6 Å². The Morgan fingerprint density at radius 2 is 1.80 bits per heavy atom. The lowest BCUT2D eigenvalue weighted by Crippen LogP contribution is -2.67. The quantitative estimate of drug-likeness (QED) is 0.110. The molecule has 7 rings (SSSR count). The summed E-state index contributed by atoms with van der Waals surface area (Å²) in [5.41, 5.74) is 6.95. The number of fused-ring (bicyclic) bond motifs is 6. The van der Waals surface area contributed by atoms with Gasteiger partial charge in [0, 0.05) is 81.0 Å². The number of esters is 1. The van der Waals surface area contributed by atoms with E-state index in [0.29, 0.717) is 56.5 Å². The standard InChI is InChI=1S/C55H74N8O8/c1-13-55(57-48(65)46(34(3)4)60(11)49(66)37-20-23-61(31-37)51(68)54(7,8)59(9)10)28-35-24-39(26-40(64)25-35)36-17-18-45-41(27-36)42(47(62(45)14-2)43-30-56-21-19-38(43)32-70-12)29-53(5,6)33-71-50(67)44-16-15-22-63(58-44)52(55)69/h13,17-19,21,24-27,30,34,37,44,46,58,64H,1,14-16,20,22-23,28-29,31-33H2,2-12H3,(H,57,65)/t37-,44-,46-,55-/m0/s1. The zero-order valence-electron chi connectivity index (χ0n) is 43.6. The fourth-order valence-corrected chi connectivity index (χ4v) is 10.6. The summed E-state index contributed by atoms with van der Waals surface area (Å²) < 4.78 is 14.1. The molecule has 5 heterocycles. The third kappa shape index (κ3) is 10.6. The SMILES string of the molecule is C=C[C@]1(NC(=O)[C@H](C(C)C)N(C)C(=O)[C@H]2CCN(C(=O)C(C)(C)N(C)C)C2)Cc2cc(O)cc(c2)-c2ccc3c(c2)c(c(-c2cnccc2COC)n3CC)CC(C)(C)COC(=O)[C@@H]2CCCN(N2)C1=O. The van der Waals surface area contributed by atoms with Crippen molar-refractivity contribution in [3.8, 4) is 28.1 Å². The first-order valence-electron chi connectivity index (χ1n) is 24.9. The number of aromatic hydroxyl groups is 1. The smallest absolute Gasteiger partial charge is 0.324 e. The van der Waals surface area contributed by atoms with Crippen molar-refractivity contribution >= 4 is 40.5 Å². The molecule has 6 bridgehead atoms. The molecule has 0 saturated carbocycles. The van der Waals surface area contributed by atoms with E-state index in [9.17, 15) is 24.3 Å². The van der Waals surface area contributed by atoms with Gasteiger partial charge in [0.15, 0.2) is 0 Å². The van der Waals surface area contributed by atoms with Gasteiger partial charge in [-0.05, 0) is 125 Å². The number of nitrogens with one attached hydrogen (secondary N) is 2. The molecule has 382 valence electrons. The maximum atomic E-state index is 15.3. The van der Waals surface area contributed by atoms with E-state index in [4.69, 9.17) is 9.47 Å². The summed E-state index contributed by atoms with van der Waals surface area (Å²) in [4.78, 5) is 81.8. The van der Waals surface area contributed by atoms with Crippen LogP contribution < -0.4 is 10.7 Å². The van der Waals surface area contributed by atoms with Gasteiger partial charge in [0.25, 0.3) is 5.91 Å². The normalized spacial score (nSPS) is 21.3. The topological polar surface area (TPSA) is 179 Å². The number of methoxy groups -OCH3 is 1. The van der Waals surface area contributed by atoms with E-state index in [-0.39, 0.29) is 43.7 Å². The Labute approximate surface area is 418 Å². The van der Waals surface area contributed by atoms with Crippen molar-refractivity contribution in [2.45, 2.75) is 117 Å². The lowest BCUT2D eigenvalue weighted by atomic mass is 9.84. The van der Waals surface area contributed by atoms with E-state index < -0.39 is 58.2 Å². The molecule has 2 aromatic heterocycles. The number of phenols is 1. The molecule has 16 nitrogen and oxygen atoms in total. The number of likely N-dealkylation sites (tertiary alicyclic amines) is 1. The number of cyclic esters (lactones) is 1. The minimum atomic E-state index is -1.84. The molecule has 71 heavy (non-hydrogen) atoms. The first-order chi connectivity index (χ1) is 33.6. The fraction of sp³-hybridized carbons (Fsp3) is 0.527. The van der Waals surface area contributed by atoms with E-state index in [1.54, 1.807) is 37.4 Å². The number of likely N-dealkylation sites (N-methyl/N-ethyl adjacent to an activating group) is 2. The number of ether oxygens (including phenoxy) is 2. The highest BCUT2D eigenvalue weighted by Crippen LogP contribution is 2.42. The molecule has 4 atom stereocenters. The first-order valence-corrected chi connectivity index (χ1v) is 24.9. The number of hydrogen-bond acceptors (Lipinski definition) is 11. The molecular formula is C55H74N8O8. The average molecular weight is 975 g/mol. The molecule has 3 N–H and O–H groups in total. The zero-order valence-corrected chi connectivity index (χ0v) is 43.6. The largest absolute Gasteiger partial charge is 0.508 e. The summed E-state index contributed by atoms with van der Waals surface area (Å²) in [5, 5.41) is 16.9. The molecule has 0 spiro atoms. The Bertz CT molecular complexity index is 2690. The van der Waals surface area contributed by atoms with E-state index in [1.807, 2.05) is 71.1 Å². The molecule has 0 aliphatic carbocycles. The van der Waals surface area contributed by atoms with Gasteiger partial charge >= 0.3 is 5.97 Å². The minimum absolute atomic E-state index is 0.0427. The van der Waals surface area contributed by atoms with Crippen LogP contribution in [0.15, 0.2) is 67.5 Å². The van der Waals surface area contributed by atoms with Crippen LogP contribution >= 0.6 is 0 Å². The molecule has 3 aliphatic heterocycles. The monoisotopic (exact) mass is 975 g/mol. The zero-order chi connectivity index (χ0) is 51.7. The second kappa shape index (κ2) is 20.9. The highest BCUT2D eigenvalue weighted by Gasteiger charge is 2.47. The number of pyridine rings is 1. The van der Waals surface area contributed by atoms with Gasteiger partial charge in [0.05, 0.1) is 30.4 Å². The van der Waals surface area contributed by atoms with E-state index in [0.717, 1.165) is 38.9 Å². The summed E-state index contributed by atoms with van der Waals surface area (Å²) in [7, 11) is 6.95. The minimum Gasteiger partial charge on any atom is -0.508 e. The maximum absolute atomic E-state index is 15.3. The van der Waals surface area contributed by atoms with E-state index in [1.165, 1.54) is 16.0 Å². The van der Waals surface area contributed by atoms with Gasteiger partial charge in [-0.1, -0.05) is 45.9 Å². The van der Waals surface area contributed by atoms with Crippen molar-refractivity contribution in [2.24, 2.45) is 17.3 Å². The number of aromatic nitrogens is 2. The molecule has 0 radical (unpaired) electrons. The number of aryl methyl sites for hydroxylation is 1. The molecule has 4 aromatic rings. The van der Waals surface area contributed by atoms with Crippen LogP contribution in [0.5, 0.6) is 5.75 Å². The number of phenolic OH excluding ortho intramolecular Hbond substituents is 1. The van der Waals surface area contributed by atoms with Gasteiger partial charge in [-0.3, -0.25) is 38.9 Å². The molecule has 4 amide bonds. The van der Waals surface area contributed by atoms with Gasteiger partial charge in [-0.15, -0.1) is 6.58 Å². The summed E-state index contributed by atoms with van der Waals surface area (Å²) in [6.45, 7) is 19.7. The van der Waals surface area contributed by atoms with Gasteiger partial charge in [-0.2, -0.15) is 0 Å². The molecule has 2 saturated heterocycles. The second-order valence-corrected chi connectivity index (χ2v) is 21.6. The molecule has 2 fully saturated rings.